The first-order valence-electron chi connectivity index (χ1n) is 9.81. The van der Waals surface area contributed by atoms with Gasteiger partial charge in [0.2, 0.25) is 0 Å². The molecule has 2 aromatic carbocycles. The Morgan fingerprint density at radius 2 is 1.90 bits per heavy atom. The molecule has 4 N–H and O–H groups in total. The Morgan fingerprint density at radius 1 is 1.10 bits per heavy atom. The molecule has 0 aliphatic heterocycles. The van der Waals surface area contributed by atoms with Crippen LogP contribution in [0.3, 0.4) is 0 Å². The van der Waals surface area contributed by atoms with E-state index in [0.717, 1.165) is 10.9 Å². The van der Waals surface area contributed by atoms with E-state index in [1.54, 1.807) is 30.3 Å². The minimum absolute atomic E-state index is 0.113. The molecule has 7 nitrogen and oxygen atoms in total. The highest BCUT2D eigenvalue weighted by Crippen LogP contribution is 2.31. The average molecular weight is 482 g/mol. The summed E-state index contributed by atoms with van der Waals surface area (Å²) in [6, 6.07) is 15.5. The first-order chi connectivity index (χ1) is 14.9. The molecule has 1 heterocycles. The van der Waals surface area contributed by atoms with Crippen molar-refractivity contribution in [1.29, 1.82) is 0 Å². The van der Waals surface area contributed by atoms with E-state index in [4.69, 9.17) is 10.5 Å². The van der Waals surface area contributed by atoms with Crippen molar-refractivity contribution < 1.29 is 14.3 Å². The Labute approximate surface area is 186 Å². The van der Waals surface area contributed by atoms with Crippen molar-refractivity contribution in [3.63, 3.8) is 0 Å². The number of hydrogen-bond donors (Lipinski definition) is 3. The smallest absolute Gasteiger partial charge is 0.261 e. The van der Waals surface area contributed by atoms with Gasteiger partial charge in [-0.1, -0.05) is 34.1 Å². The maximum Gasteiger partial charge on any atom is 0.261 e. The van der Waals surface area contributed by atoms with Gasteiger partial charge in [-0.05, 0) is 61.2 Å². The molecule has 0 radical (unpaired) electrons. The topological polar surface area (TPSA) is 114 Å². The standard InChI is InChI=1S/C23H20BrN3O4/c24-13-5-3-6-14(11-13)31-20-10-2-1-7-15(20)22(29)26-18-8-4-9-19-16(18)12-17(21(25)28)23(30)27-19/h1-3,5-7,10-12,18H,4,8-9H2,(H2,25,28)(H,26,29)(H,27,30). The van der Waals surface area contributed by atoms with Crippen LogP contribution in [0.4, 0.5) is 0 Å². The maximum absolute atomic E-state index is 13.1. The number of para-hydroxylation sites is 1. The number of nitrogens with two attached hydrogens (primary N) is 1. The molecule has 0 bridgehead atoms. The van der Waals surface area contributed by atoms with E-state index in [1.165, 1.54) is 6.07 Å². The zero-order valence-electron chi connectivity index (χ0n) is 16.5. The molecule has 158 valence electrons. The van der Waals surface area contributed by atoms with E-state index in [0.29, 0.717) is 41.2 Å². The second-order valence-electron chi connectivity index (χ2n) is 7.28. The molecule has 31 heavy (non-hydrogen) atoms. The van der Waals surface area contributed by atoms with E-state index in [1.807, 2.05) is 18.2 Å². The number of aryl methyl sites for hydroxylation is 1. The first kappa shape index (κ1) is 20.9. The summed E-state index contributed by atoms with van der Waals surface area (Å²) in [7, 11) is 0. The highest BCUT2D eigenvalue weighted by Gasteiger charge is 2.26. The largest absolute Gasteiger partial charge is 0.456 e. The summed E-state index contributed by atoms with van der Waals surface area (Å²) in [5, 5.41) is 3.01. The molecule has 1 aliphatic carbocycles. The zero-order chi connectivity index (χ0) is 22.0. The quantitative estimate of drug-likeness (QED) is 0.513. The summed E-state index contributed by atoms with van der Waals surface area (Å²) in [5.41, 5.74) is 6.51. The number of fused-ring (bicyclic) bond motifs is 1. The van der Waals surface area contributed by atoms with E-state index >= 15 is 0 Å². The van der Waals surface area contributed by atoms with Gasteiger partial charge < -0.3 is 20.8 Å². The number of amides is 2. The zero-order valence-corrected chi connectivity index (χ0v) is 18.1. The molecule has 1 unspecified atom stereocenters. The van der Waals surface area contributed by atoms with Gasteiger partial charge in [0, 0.05) is 10.2 Å². The minimum atomic E-state index is -0.799. The minimum Gasteiger partial charge on any atom is -0.456 e. The van der Waals surface area contributed by atoms with E-state index in [2.05, 4.69) is 26.2 Å². The Hall–Kier alpha value is -3.39. The monoisotopic (exact) mass is 481 g/mol. The van der Waals surface area contributed by atoms with Gasteiger partial charge in [-0.2, -0.15) is 0 Å². The van der Waals surface area contributed by atoms with Crippen LogP contribution < -0.4 is 21.3 Å². The van der Waals surface area contributed by atoms with Crippen LogP contribution in [0.25, 0.3) is 0 Å². The van der Waals surface area contributed by atoms with Crippen LogP contribution in [0.1, 0.15) is 50.9 Å². The van der Waals surface area contributed by atoms with Crippen LogP contribution >= 0.6 is 15.9 Å². The summed E-state index contributed by atoms with van der Waals surface area (Å²) in [5.74, 6) is -0.0857. The molecule has 2 amide bonds. The number of pyridine rings is 1. The molecule has 4 rings (SSSR count). The van der Waals surface area contributed by atoms with Gasteiger partial charge in [0.25, 0.3) is 17.4 Å². The molecule has 3 aromatic rings. The van der Waals surface area contributed by atoms with Crippen LogP contribution in [-0.2, 0) is 6.42 Å². The van der Waals surface area contributed by atoms with Crippen molar-refractivity contribution in [2.45, 2.75) is 25.3 Å². The molecule has 0 saturated carbocycles. The Kier molecular flexibility index (Phi) is 5.90. The molecular formula is C23H20BrN3O4. The van der Waals surface area contributed by atoms with Gasteiger partial charge in [0.05, 0.1) is 11.6 Å². The lowest BCUT2D eigenvalue weighted by Gasteiger charge is -2.26. The van der Waals surface area contributed by atoms with Gasteiger partial charge in [-0.3, -0.25) is 14.4 Å². The number of rotatable bonds is 5. The van der Waals surface area contributed by atoms with Gasteiger partial charge in [-0.25, -0.2) is 0 Å². The predicted octanol–water partition coefficient (Wildman–Crippen LogP) is 3.84. The maximum atomic E-state index is 13.1. The lowest BCUT2D eigenvalue weighted by Crippen LogP contribution is -2.34. The second kappa shape index (κ2) is 8.77. The highest BCUT2D eigenvalue weighted by molar-refractivity contribution is 9.10. The predicted molar refractivity (Wildman–Crippen MR) is 119 cm³/mol. The Balaban J connectivity index is 1.61. The van der Waals surface area contributed by atoms with Crippen LogP contribution in [0.15, 0.2) is 63.9 Å². The summed E-state index contributed by atoms with van der Waals surface area (Å²) < 4.78 is 6.80. The lowest BCUT2D eigenvalue weighted by atomic mass is 9.90. The number of hydrogen-bond acceptors (Lipinski definition) is 4. The van der Waals surface area contributed by atoms with Crippen molar-refractivity contribution in [2.24, 2.45) is 5.73 Å². The molecule has 0 spiro atoms. The fourth-order valence-electron chi connectivity index (χ4n) is 3.71. The van der Waals surface area contributed by atoms with Gasteiger partial charge in [0.1, 0.15) is 17.1 Å². The first-order valence-corrected chi connectivity index (χ1v) is 10.6. The number of aromatic nitrogens is 1. The number of benzene rings is 2. The SMILES string of the molecule is NC(=O)c1cc2c([nH]c1=O)CCCC2NC(=O)c1ccccc1Oc1cccc(Br)c1. The number of halogens is 1. The number of H-pyrrole nitrogens is 1. The van der Waals surface area contributed by atoms with Gasteiger partial charge in [0.15, 0.2) is 0 Å². The van der Waals surface area contributed by atoms with E-state index < -0.39 is 11.5 Å². The second-order valence-corrected chi connectivity index (χ2v) is 8.20. The van der Waals surface area contributed by atoms with Gasteiger partial charge >= 0.3 is 0 Å². The number of ether oxygens (including phenoxy) is 1. The number of carbonyl (C=O) groups is 2. The van der Waals surface area contributed by atoms with E-state index in [9.17, 15) is 14.4 Å². The summed E-state index contributed by atoms with van der Waals surface area (Å²) >= 11 is 3.41. The molecule has 1 aromatic heterocycles. The Bertz CT molecular complexity index is 1220. The highest BCUT2D eigenvalue weighted by atomic mass is 79.9. The van der Waals surface area contributed by atoms with Crippen LogP contribution in [0, 0.1) is 0 Å². The van der Waals surface area contributed by atoms with Crippen molar-refractivity contribution >= 4 is 27.7 Å². The fraction of sp³-hybridized carbons (Fsp3) is 0.174. The van der Waals surface area contributed by atoms with Crippen molar-refractivity contribution in [2.75, 3.05) is 0 Å². The average Bonchev–Trinajstić information content (AvgIpc) is 2.73. The third-order valence-electron chi connectivity index (χ3n) is 5.18. The number of primary amides is 1. The third-order valence-corrected chi connectivity index (χ3v) is 5.67. The van der Waals surface area contributed by atoms with E-state index in [-0.39, 0.29) is 17.5 Å². The third kappa shape index (κ3) is 4.54. The summed E-state index contributed by atoms with van der Waals surface area (Å²) in [6.07, 6.45) is 2.14. The number of aromatic amines is 1. The van der Waals surface area contributed by atoms with Crippen molar-refractivity contribution in [3.05, 3.63) is 91.8 Å². The fourth-order valence-corrected chi connectivity index (χ4v) is 4.09. The molecular weight excluding hydrogens is 462 g/mol. The molecule has 8 heteroatoms. The van der Waals surface area contributed by atoms with Crippen LogP contribution in [-0.4, -0.2) is 16.8 Å². The summed E-state index contributed by atoms with van der Waals surface area (Å²) in [6.45, 7) is 0. The lowest BCUT2D eigenvalue weighted by molar-refractivity contribution is 0.0930. The molecule has 0 fully saturated rings. The molecule has 1 aliphatic rings. The van der Waals surface area contributed by atoms with Gasteiger partial charge in [-0.15, -0.1) is 0 Å². The molecule has 0 saturated heterocycles. The number of nitrogens with one attached hydrogen (secondary N) is 2. The Morgan fingerprint density at radius 3 is 2.68 bits per heavy atom. The van der Waals surface area contributed by atoms with Crippen molar-refractivity contribution in [1.82, 2.24) is 10.3 Å². The van der Waals surface area contributed by atoms with Crippen LogP contribution in [0.5, 0.6) is 11.5 Å². The molecule has 1 atom stereocenters. The number of carbonyl (C=O) groups excluding carboxylic acids is 2. The summed E-state index contributed by atoms with van der Waals surface area (Å²) in [4.78, 5) is 39.5. The normalized spacial score (nSPS) is 15.1. The van der Waals surface area contributed by atoms with Crippen LogP contribution in [0.2, 0.25) is 0 Å². The van der Waals surface area contributed by atoms with Crippen molar-refractivity contribution in [3.8, 4) is 11.5 Å².